The van der Waals surface area contributed by atoms with Crippen LogP contribution in [0.3, 0.4) is 0 Å². The molecule has 1 fully saturated rings. The van der Waals surface area contributed by atoms with Crippen LogP contribution in [0.2, 0.25) is 5.02 Å². The van der Waals surface area contributed by atoms with Gasteiger partial charge in [0.1, 0.15) is 0 Å². The first-order chi connectivity index (χ1) is 9.58. The van der Waals surface area contributed by atoms with Gasteiger partial charge in [-0.25, -0.2) is 0 Å². The zero-order valence-electron chi connectivity index (χ0n) is 11.0. The van der Waals surface area contributed by atoms with Gasteiger partial charge in [-0.3, -0.25) is 9.59 Å². The van der Waals surface area contributed by atoms with Gasteiger partial charge in [0, 0.05) is 13.0 Å². The SMILES string of the molecule is NC(=O)c1c(Cl)cccc1NC(=O)CC[C@@H]1CCCO1. The maximum absolute atomic E-state index is 11.9. The fourth-order valence-corrected chi connectivity index (χ4v) is 2.52. The van der Waals surface area contributed by atoms with E-state index in [2.05, 4.69) is 5.32 Å². The van der Waals surface area contributed by atoms with Crippen LogP contribution in [0, 0.1) is 0 Å². The van der Waals surface area contributed by atoms with Gasteiger partial charge in [-0.1, -0.05) is 17.7 Å². The lowest BCUT2D eigenvalue weighted by Gasteiger charge is -2.12. The van der Waals surface area contributed by atoms with E-state index in [-0.39, 0.29) is 22.6 Å². The van der Waals surface area contributed by atoms with Crippen molar-refractivity contribution >= 4 is 29.1 Å². The molecule has 0 aliphatic carbocycles. The van der Waals surface area contributed by atoms with Crippen molar-refractivity contribution in [2.24, 2.45) is 5.73 Å². The molecule has 2 rings (SSSR count). The summed E-state index contributed by atoms with van der Waals surface area (Å²) in [5, 5.41) is 2.91. The molecule has 1 atom stereocenters. The highest BCUT2D eigenvalue weighted by Crippen LogP contribution is 2.24. The number of anilines is 1. The van der Waals surface area contributed by atoms with Crippen LogP contribution in [0.4, 0.5) is 5.69 Å². The second-order valence-corrected chi connectivity index (χ2v) is 5.16. The Morgan fingerprint density at radius 3 is 2.90 bits per heavy atom. The summed E-state index contributed by atoms with van der Waals surface area (Å²) in [6, 6.07) is 4.82. The number of halogens is 1. The standard InChI is InChI=1S/C14H17ClN2O3/c15-10-4-1-5-11(13(10)14(16)19)17-12(18)7-6-9-3-2-8-20-9/h1,4-5,9H,2-3,6-8H2,(H2,16,19)(H,17,18)/t9-/m0/s1. The highest BCUT2D eigenvalue weighted by Gasteiger charge is 2.18. The van der Waals surface area contributed by atoms with E-state index in [1.807, 2.05) is 0 Å². The Hall–Kier alpha value is -1.59. The summed E-state index contributed by atoms with van der Waals surface area (Å²) in [6.07, 6.45) is 3.23. The fraction of sp³-hybridized carbons (Fsp3) is 0.429. The average Bonchev–Trinajstić information content (AvgIpc) is 2.89. The van der Waals surface area contributed by atoms with Crippen molar-refractivity contribution in [1.82, 2.24) is 0 Å². The molecule has 5 nitrogen and oxygen atoms in total. The quantitative estimate of drug-likeness (QED) is 0.875. The van der Waals surface area contributed by atoms with E-state index in [1.165, 1.54) is 0 Å². The zero-order valence-corrected chi connectivity index (χ0v) is 11.8. The number of amides is 2. The molecule has 0 unspecified atom stereocenters. The van der Waals surface area contributed by atoms with Gasteiger partial charge < -0.3 is 15.8 Å². The van der Waals surface area contributed by atoms with Crippen molar-refractivity contribution in [3.05, 3.63) is 28.8 Å². The number of ether oxygens (including phenoxy) is 1. The van der Waals surface area contributed by atoms with Crippen molar-refractivity contribution < 1.29 is 14.3 Å². The minimum atomic E-state index is -0.662. The Morgan fingerprint density at radius 2 is 2.25 bits per heavy atom. The van der Waals surface area contributed by atoms with E-state index in [0.29, 0.717) is 18.5 Å². The highest BCUT2D eigenvalue weighted by atomic mass is 35.5. The summed E-state index contributed by atoms with van der Waals surface area (Å²) in [4.78, 5) is 23.3. The molecule has 108 valence electrons. The van der Waals surface area contributed by atoms with Crippen LogP contribution in [-0.2, 0) is 9.53 Å². The number of hydrogen-bond donors (Lipinski definition) is 2. The van der Waals surface area contributed by atoms with Crippen molar-refractivity contribution in [2.45, 2.75) is 31.8 Å². The lowest BCUT2D eigenvalue weighted by molar-refractivity contribution is -0.116. The van der Waals surface area contributed by atoms with E-state index in [9.17, 15) is 9.59 Å². The smallest absolute Gasteiger partial charge is 0.252 e. The number of carbonyl (C=O) groups is 2. The molecule has 0 spiro atoms. The third kappa shape index (κ3) is 3.71. The van der Waals surface area contributed by atoms with Crippen LogP contribution < -0.4 is 11.1 Å². The lowest BCUT2D eigenvalue weighted by atomic mass is 10.1. The molecule has 0 radical (unpaired) electrons. The van der Waals surface area contributed by atoms with Crippen LogP contribution in [-0.4, -0.2) is 24.5 Å². The topological polar surface area (TPSA) is 81.4 Å². The summed E-state index contributed by atoms with van der Waals surface area (Å²) in [5.41, 5.74) is 5.76. The van der Waals surface area contributed by atoms with Gasteiger partial charge in [-0.15, -0.1) is 0 Å². The van der Waals surface area contributed by atoms with E-state index in [0.717, 1.165) is 19.4 Å². The molecule has 0 aromatic heterocycles. The molecule has 1 aromatic rings. The van der Waals surface area contributed by atoms with Gasteiger partial charge in [-0.05, 0) is 31.4 Å². The molecule has 1 saturated heterocycles. The summed E-state index contributed by atoms with van der Waals surface area (Å²) in [7, 11) is 0. The highest BCUT2D eigenvalue weighted by molar-refractivity contribution is 6.34. The molecule has 2 amide bonds. The number of nitrogens with two attached hydrogens (primary N) is 1. The molecule has 1 aliphatic rings. The van der Waals surface area contributed by atoms with Crippen LogP contribution in [0.25, 0.3) is 0 Å². The third-order valence-electron chi connectivity index (χ3n) is 3.25. The molecule has 0 bridgehead atoms. The van der Waals surface area contributed by atoms with E-state index < -0.39 is 5.91 Å². The largest absolute Gasteiger partial charge is 0.378 e. The Kier molecular flexibility index (Phi) is 4.98. The van der Waals surface area contributed by atoms with E-state index >= 15 is 0 Å². The second kappa shape index (κ2) is 6.72. The molecule has 3 N–H and O–H groups in total. The number of benzene rings is 1. The first-order valence-corrected chi connectivity index (χ1v) is 6.95. The van der Waals surface area contributed by atoms with Crippen LogP contribution in [0.1, 0.15) is 36.0 Å². The van der Waals surface area contributed by atoms with Gasteiger partial charge in [0.05, 0.1) is 22.4 Å². The summed E-state index contributed by atoms with van der Waals surface area (Å²) in [5.74, 6) is -0.838. The Labute approximate surface area is 122 Å². The molecule has 0 saturated carbocycles. The average molecular weight is 297 g/mol. The van der Waals surface area contributed by atoms with Crippen LogP contribution >= 0.6 is 11.6 Å². The first kappa shape index (κ1) is 14.8. The van der Waals surface area contributed by atoms with Crippen molar-refractivity contribution in [2.75, 3.05) is 11.9 Å². The summed E-state index contributed by atoms with van der Waals surface area (Å²) < 4.78 is 5.46. The van der Waals surface area contributed by atoms with Crippen LogP contribution in [0.15, 0.2) is 18.2 Å². The van der Waals surface area contributed by atoms with Gasteiger partial charge >= 0.3 is 0 Å². The second-order valence-electron chi connectivity index (χ2n) is 4.75. The van der Waals surface area contributed by atoms with Crippen molar-refractivity contribution in [3.8, 4) is 0 Å². The number of primary amides is 1. The Balaban J connectivity index is 1.96. The maximum Gasteiger partial charge on any atom is 0.252 e. The predicted octanol–water partition coefficient (Wildman–Crippen LogP) is 2.34. The van der Waals surface area contributed by atoms with Gasteiger partial charge in [0.2, 0.25) is 5.91 Å². The van der Waals surface area contributed by atoms with Gasteiger partial charge in [-0.2, -0.15) is 0 Å². The minimum Gasteiger partial charge on any atom is -0.378 e. The third-order valence-corrected chi connectivity index (χ3v) is 3.57. The Bertz CT molecular complexity index is 513. The van der Waals surface area contributed by atoms with Crippen molar-refractivity contribution in [1.29, 1.82) is 0 Å². The van der Waals surface area contributed by atoms with Gasteiger partial charge in [0.25, 0.3) is 5.91 Å². The molecule has 20 heavy (non-hydrogen) atoms. The zero-order chi connectivity index (χ0) is 14.5. The van der Waals surface area contributed by atoms with Gasteiger partial charge in [0.15, 0.2) is 0 Å². The number of carbonyl (C=O) groups excluding carboxylic acids is 2. The van der Waals surface area contributed by atoms with E-state index in [1.54, 1.807) is 18.2 Å². The molecule has 1 aromatic carbocycles. The fourth-order valence-electron chi connectivity index (χ4n) is 2.26. The molecule has 1 heterocycles. The number of nitrogens with one attached hydrogen (secondary N) is 1. The molecule has 6 heteroatoms. The number of rotatable bonds is 5. The molecule has 1 aliphatic heterocycles. The predicted molar refractivity (Wildman–Crippen MR) is 76.8 cm³/mol. The normalized spacial score (nSPS) is 17.9. The maximum atomic E-state index is 11.9. The minimum absolute atomic E-state index is 0.139. The first-order valence-electron chi connectivity index (χ1n) is 6.57. The van der Waals surface area contributed by atoms with Crippen LogP contribution in [0.5, 0.6) is 0 Å². The monoisotopic (exact) mass is 296 g/mol. The summed E-state index contributed by atoms with van der Waals surface area (Å²) in [6.45, 7) is 0.770. The Morgan fingerprint density at radius 1 is 1.45 bits per heavy atom. The molecular formula is C14H17ClN2O3. The molecular weight excluding hydrogens is 280 g/mol. The summed E-state index contributed by atoms with van der Waals surface area (Å²) >= 11 is 5.92. The number of hydrogen-bond acceptors (Lipinski definition) is 3. The lowest BCUT2D eigenvalue weighted by Crippen LogP contribution is -2.19. The van der Waals surface area contributed by atoms with E-state index in [4.69, 9.17) is 22.1 Å². The van der Waals surface area contributed by atoms with Crippen molar-refractivity contribution in [3.63, 3.8) is 0 Å².